The zero-order valence-corrected chi connectivity index (χ0v) is 17.7. The standard InChI is InChI=1S/C18H16N2O3S2.C2H6.H2/c1-10(21)15-7-8-16(25-15)13(22)9-24-18-17-12(19-11(2)20-18)5-4-6-14(17)23-3;1-2;/h4-8H,9H2,1-3H3;1-2H3;1H. The number of nitrogens with zero attached hydrogens (tertiary/aromatic N) is 2. The van der Waals surface area contributed by atoms with Crippen LogP contribution in [0.5, 0.6) is 5.75 Å². The number of Topliss-reactive ketones (excluding diaryl/α,β-unsaturated/α-hetero) is 2. The van der Waals surface area contributed by atoms with Crippen LogP contribution in [0.2, 0.25) is 0 Å². The van der Waals surface area contributed by atoms with Crippen LogP contribution in [0.25, 0.3) is 10.9 Å². The van der Waals surface area contributed by atoms with Gasteiger partial charge in [-0.25, -0.2) is 9.97 Å². The predicted octanol–water partition coefficient (Wildman–Crippen LogP) is 5.46. The summed E-state index contributed by atoms with van der Waals surface area (Å²) >= 11 is 2.58. The number of fused-ring (bicyclic) bond motifs is 1. The first-order valence-electron chi connectivity index (χ1n) is 8.57. The first kappa shape index (κ1) is 21.1. The highest BCUT2D eigenvalue weighted by Crippen LogP contribution is 2.33. The Morgan fingerprint density at radius 3 is 2.48 bits per heavy atom. The molecule has 7 heteroatoms. The molecule has 3 rings (SSSR count). The molecule has 3 aromatic rings. The summed E-state index contributed by atoms with van der Waals surface area (Å²) in [6.45, 7) is 7.32. The molecule has 0 aliphatic heterocycles. The second-order valence-electron chi connectivity index (χ2n) is 5.36. The third-order valence-electron chi connectivity index (χ3n) is 3.55. The maximum Gasteiger partial charge on any atom is 0.183 e. The minimum atomic E-state index is -0.0288. The van der Waals surface area contributed by atoms with Crippen molar-refractivity contribution in [3.8, 4) is 5.75 Å². The molecule has 27 heavy (non-hydrogen) atoms. The van der Waals surface area contributed by atoms with Gasteiger partial charge in [0.15, 0.2) is 11.6 Å². The van der Waals surface area contributed by atoms with E-state index < -0.39 is 0 Å². The molecule has 0 amide bonds. The van der Waals surface area contributed by atoms with Gasteiger partial charge in [-0.05, 0) is 38.1 Å². The van der Waals surface area contributed by atoms with E-state index in [1.165, 1.54) is 30.0 Å². The van der Waals surface area contributed by atoms with Crippen LogP contribution < -0.4 is 4.74 Å². The minimum absolute atomic E-state index is 0. The molecule has 1 aromatic carbocycles. The number of carbonyl (C=O) groups excluding carboxylic acids is 2. The van der Waals surface area contributed by atoms with Crippen LogP contribution in [-0.2, 0) is 0 Å². The molecule has 0 saturated carbocycles. The Morgan fingerprint density at radius 2 is 1.85 bits per heavy atom. The second-order valence-corrected chi connectivity index (χ2v) is 7.41. The molecule has 0 saturated heterocycles. The minimum Gasteiger partial charge on any atom is -0.496 e. The van der Waals surface area contributed by atoms with Gasteiger partial charge >= 0.3 is 0 Å². The third kappa shape index (κ3) is 4.93. The van der Waals surface area contributed by atoms with Crippen LogP contribution in [-0.4, -0.2) is 34.4 Å². The maximum absolute atomic E-state index is 12.4. The Morgan fingerprint density at radius 1 is 1.15 bits per heavy atom. The smallest absolute Gasteiger partial charge is 0.183 e. The lowest BCUT2D eigenvalue weighted by molar-refractivity contribution is 0.101. The number of aromatic nitrogens is 2. The van der Waals surface area contributed by atoms with Crippen LogP contribution in [0.3, 0.4) is 0 Å². The van der Waals surface area contributed by atoms with E-state index >= 15 is 0 Å². The quantitative estimate of drug-likeness (QED) is 0.309. The summed E-state index contributed by atoms with van der Waals surface area (Å²) in [6.07, 6.45) is 0. The number of ether oxygens (including phenoxy) is 1. The van der Waals surface area contributed by atoms with Gasteiger partial charge in [0.25, 0.3) is 0 Å². The second kappa shape index (κ2) is 9.62. The van der Waals surface area contributed by atoms with Gasteiger partial charge in [0.05, 0.1) is 33.5 Å². The summed E-state index contributed by atoms with van der Waals surface area (Å²) in [5, 5.41) is 1.53. The fraction of sp³-hybridized carbons (Fsp3) is 0.300. The number of hydrogen-bond acceptors (Lipinski definition) is 7. The Bertz CT molecular complexity index is 973. The fourth-order valence-electron chi connectivity index (χ4n) is 2.39. The van der Waals surface area contributed by atoms with Gasteiger partial charge in [-0.2, -0.15) is 0 Å². The van der Waals surface area contributed by atoms with Gasteiger partial charge in [-0.3, -0.25) is 9.59 Å². The highest BCUT2D eigenvalue weighted by molar-refractivity contribution is 8.00. The van der Waals surface area contributed by atoms with Gasteiger partial charge in [0, 0.05) is 1.43 Å². The van der Waals surface area contributed by atoms with Crippen LogP contribution in [0.1, 0.15) is 47.4 Å². The number of benzene rings is 1. The molecule has 0 aliphatic rings. The van der Waals surface area contributed by atoms with Crippen molar-refractivity contribution >= 4 is 45.6 Å². The fourth-order valence-corrected chi connectivity index (χ4v) is 4.29. The summed E-state index contributed by atoms with van der Waals surface area (Å²) in [4.78, 5) is 33.9. The Labute approximate surface area is 168 Å². The summed E-state index contributed by atoms with van der Waals surface area (Å²) in [5.41, 5.74) is 0.789. The largest absolute Gasteiger partial charge is 0.496 e. The number of carbonyl (C=O) groups is 2. The zero-order chi connectivity index (χ0) is 20.0. The molecule has 0 fully saturated rings. The Balaban J connectivity index is 0.00000127. The summed E-state index contributed by atoms with van der Waals surface area (Å²) in [7, 11) is 1.60. The zero-order valence-electron chi connectivity index (χ0n) is 16.0. The molecule has 0 radical (unpaired) electrons. The van der Waals surface area contributed by atoms with Crippen molar-refractivity contribution in [3.05, 3.63) is 45.9 Å². The first-order chi connectivity index (χ1) is 13.0. The van der Waals surface area contributed by atoms with Crippen molar-refractivity contribution < 1.29 is 15.8 Å². The molecule has 0 spiro atoms. The van der Waals surface area contributed by atoms with E-state index in [1.54, 1.807) is 19.2 Å². The molecule has 2 heterocycles. The predicted molar refractivity (Wildman–Crippen MR) is 114 cm³/mol. The van der Waals surface area contributed by atoms with Crippen molar-refractivity contribution in [2.75, 3.05) is 12.9 Å². The molecule has 0 unspecified atom stereocenters. The van der Waals surface area contributed by atoms with Crippen molar-refractivity contribution in [2.24, 2.45) is 0 Å². The lowest BCUT2D eigenvalue weighted by Gasteiger charge is -2.09. The molecular formula is C20H24N2O3S2. The molecule has 0 N–H and O–H groups in total. The van der Waals surface area contributed by atoms with Crippen molar-refractivity contribution in [2.45, 2.75) is 32.7 Å². The molecule has 2 aromatic heterocycles. The highest BCUT2D eigenvalue weighted by Gasteiger charge is 2.16. The number of methoxy groups -OCH3 is 1. The van der Waals surface area contributed by atoms with Crippen LogP contribution >= 0.6 is 23.1 Å². The molecule has 5 nitrogen and oxygen atoms in total. The van der Waals surface area contributed by atoms with E-state index in [-0.39, 0.29) is 18.7 Å². The summed E-state index contributed by atoms with van der Waals surface area (Å²) in [5.74, 6) is 1.51. The lowest BCUT2D eigenvalue weighted by Crippen LogP contribution is -2.02. The number of rotatable bonds is 6. The maximum atomic E-state index is 12.4. The highest BCUT2D eigenvalue weighted by atomic mass is 32.2. The van der Waals surface area contributed by atoms with Gasteiger partial charge in [0.1, 0.15) is 16.6 Å². The topological polar surface area (TPSA) is 69.2 Å². The van der Waals surface area contributed by atoms with E-state index in [0.717, 1.165) is 15.9 Å². The Kier molecular flexibility index (Phi) is 7.50. The molecule has 0 aliphatic carbocycles. The van der Waals surface area contributed by atoms with Crippen molar-refractivity contribution in [1.29, 1.82) is 0 Å². The van der Waals surface area contributed by atoms with E-state index in [9.17, 15) is 9.59 Å². The monoisotopic (exact) mass is 404 g/mol. The van der Waals surface area contributed by atoms with Gasteiger partial charge < -0.3 is 4.74 Å². The first-order valence-corrected chi connectivity index (χ1v) is 10.4. The van der Waals surface area contributed by atoms with Crippen LogP contribution in [0.15, 0.2) is 35.4 Å². The number of ketones is 2. The van der Waals surface area contributed by atoms with Gasteiger partial charge in [0.2, 0.25) is 0 Å². The number of thioether (sulfide) groups is 1. The molecule has 0 atom stereocenters. The van der Waals surface area contributed by atoms with Gasteiger partial charge in [-0.1, -0.05) is 31.7 Å². The van der Waals surface area contributed by atoms with Crippen LogP contribution in [0.4, 0.5) is 0 Å². The third-order valence-corrected chi connectivity index (χ3v) is 5.75. The number of hydrogen-bond donors (Lipinski definition) is 0. The van der Waals surface area contributed by atoms with E-state index in [1.807, 2.05) is 39.0 Å². The molecule has 144 valence electrons. The van der Waals surface area contributed by atoms with Crippen molar-refractivity contribution in [1.82, 2.24) is 9.97 Å². The van der Waals surface area contributed by atoms with E-state index in [4.69, 9.17) is 4.74 Å². The lowest BCUT2D eigenvalue weighted by atomic mass is 10.2. The van der Waals surface area contributed by atoms with Gasteiger partial charge in [-0.15, -0.1) is 11.3 Å². The molecule has 0 bridgehead atoms. The summed E-state index contributed by atoms with van der Waals surface area (Å²) < 4.78 is 5.42. The van der Waals surface area contributed by atoms with E-state index in [2.05, 4.69) is 9.97 Å². The number of aryl methyl sites for hydroxylation is 1. The average Bonchev–Trinajstić information content (AvgIpc) is 3.17. The van der Waals surface area contributed by atoms with Crippen LogP contribution in [0, 0.1) is 6.92 Å². The summed E-state index contributed by atoms with van der Waals surface area (Å²) in [6, 6.07) is 9.02. The normalized spacial score (nSPS) is 10.3. The Hall–Kier alpha value is -2.25. The van der Waals surface area contributed by atoms with Crippen molar-refractivity contribution in [3.63, 3.8) is 0 Å². The van der Waals surface area contributed by atoms with E-state index in [0.29, 0.717) is 21.3 Å². The molecular weight excluding hydrogens is 380 g/mol. The average molecular weight is 405 g/mol. The number of thiophene rings is 1. The SMILES string of the molecule is CC.COc1cccc2nc(C)nc(SCC(=O)c3ccc(C(C)=O)s3)c12.[HH].